The summed E-state index contributed by atoms with van der Waals surface area (Å²) in [4.78, 5) is 18.0. The number of rotatable bonds is 3. The Balaban J connectivity index is 2.35. The third-order valence-electron chi connectivity index (χ3n) is 2.69. The number of nitrogens with zero attached hydrogens (tertiary/aromatic N) is 2. The third kappa shape index (κ3) is 3.06. The van der Waals surface area contributed by atoms with Crippen molar-refractivity contribution in [1.29, 1.82) is 0 Å². The molecule has 0 unspecified atom stereocenters. The van der Waals surface area contributed by atoms with Crippen molar-refractivity contribution in [1.82, 2.24) is 4.98 Å². The molecule has 0 radical (unpaired) electrons. The van der Waals surface area contributed by atoms with Crippen molar-refractivity contribution in [3.63, 3.8) is 0 Å². The van der Waals surface area contributed by atoms with E-state index in [1.807, 2.05) is 6.92 Å². The molecule has 2 rings (SSSR count). The smallest absolute Gasteiger partial charge is 0.261 e. The molecular formula is C14H12Cl2N2O. The summed E-state index contributed by atoms with van der Waals surface area (Å²) >= 11 is 11.8. The molecule has 1 amide bonds. The van der Waals surface area contributed by atoms with Crippen molar-refractivity contribution >= 4 is 34.8 Å². The van der Waals surface area contributed by atoms with Crippen molar-refractivity contribution in [2.24, 2.45) is 0 Å². The van der Waals surface area contributed by atoms with Crippen molar-refractivity contribution in [3.05, 3.63) is 58.3 Å². The molecule has 0 saturated carbocycles. The number of halogens is 2. The van der Waals surface area contributed by atoms with Gasteiger partial charge in [-0.1, -0.05) is 23.2 Å². The largest absolute Gasteiger partial charge is 0.309 e. The zero-order valence-electron chi connectivity index (χ0n) is 10.3. The number of hydrogen-bond donors (Lipinski definition) is 0. The molecule has 1 heterocycles. The van der Waals surface area contributed by atoms with Gasteiger partial charge in [0.15, 0.2) is 0 Å². The van der Waals surface area contributed by atoms with E-state index in [0.717, 1.165) is 5.69 Å². The SMILES string of the molecule is CCN(C(=O)c1cccnc1Cl)c1ccc(Cl)cc1. The number of carbonyl (C=O) groups is 1. The maximum absolute atomic E-state index is 12.5. The average molecular weight is 295 g/mol. The van der Waals surface area contributed by atoms with E-state index in [1.54, 1.807) is 47.5 Å². The van der Waals surface area contributed by atoms with Crippen LogP contribution in [0.25, 0.3) is 0 Å². The number of hydrogen-bond acceptors (Lipinski definition) is 2. The summed E-state index contributed by atoms with van der Waals surface area (Å²) in [5.41, 5.74) is 1.16. The van der Waals surface area contributed by atoms with Crippen molar-refractivity contribution in [2.45, 2.75) is 6.92 Å². The standard InChI is InChI=1S/C14H12Cl2N2O/c1-2-18(11-7-5-10(15)6-8-11)14(19)12-4-3-9-17-13(12)16/h3-9H,2H2,1H3. The Hall–Kier alpha value is -1.58. The van der Waals surface area contributed by atoms with Crippen molar-refractivity contribution in [3.8, 4) is 0 Å². The predicted molar refractivity (Wildman–Crippen MR) is 78.0 cm³/mol. The second-order valence-corrected chi connectivity index (χ2v) is 4.66. The maximum Gasteiger partial charge on any atom is 0.261 e. The van der Waals surface area contributed by atoms with Crippen LogP contribution < -0.4 is 4.90 Å². The predicted octanol–water partition coefficient (Wildman–Crippen LogP) is 4.06. The summed E-state index contributed by atoms with van der Waals surface area (Å²) in [5.74, 6) is -0.178. The molecule has 0 aliphatic rings. The number of anilines is 1. The number of carbonyl (C=O) groups excluding carboxylic acids is 1. The van der Waals surface area contributed by atoms with Gasteiger partial charge in [0.1, 0.15) is 5.15 Å². The Morgan fingerprint density at radius 2 is 1.89 bits per heavy atom. The fraction of sp³-hybridized carbons (Fsp3) is 0.143. The molecule has 0 bridgehead atoms. The lowest BCUT2D eigenvalue weighted by atomic mass is 10.2. The second-order valence-electron chi connectivity index (χ2n) is 3.87. The quantitative estimate of drug-likeness (QED) is 0.800. The molecule has 0 aliphatic carbocycles. The van der Waals surface area contributed by atoms with Gasteiger partial charge in [0.05, 0.1) is 5.56 Å². The number of aromatic nitrogens is 1. The van der Waals surface area contributed by atoms with Gasteiger partial charge in [-0.15, -0.1) is 0 Å². The first-order chi connectivity index (χ1) is 9.13. The molecule has 0 atom stereocenters. The van der Waals surface area contributed by atoms with E-state index in [4.69, 9.17) is 23.2 Å². The minimum absolute atomic E-state index is 0.178. The van der Waals surface area contributed by atoms with Gasteiger partial charge in [0, 0.05) is 23.5 Å². The minimum Gasteiger partial charge on any atom is -0.309 e. The highest BCUT2D eigenvalue weighted by Gasteiger charge is 2.18. The normalized spacial score (nSPS) is 10.3. The number of amides is 1. The van der Waals surface area contributed by atoms with Gasteiger partial charge < -0.3 is 4.90 Å². The molecular weight excluding hydrogens is 283 g/mol. The lowest BCUT2D eigenvalue weighted by molar-refractivity contribution is 0.0988. The summed E-state index contributed by atoms with van der Waals surface area (Å²) in [6, 6.07) is 10.4. The van der Waals surface area contributed by atoms with E-state index in [2.05, 4.69) is 4.98 Å². The molecule has 0 N–H and O–H groups in total. The van der Waals surface area contributed by atoms with E-state index >= 15 is 0 Å². The molecule has 0 saturated heterocycles. The lowest BCUT2D eigenvalue weighted by Crippen LogP contribution is -2.30. The molecule has 3 nitrogen and oxygen atoms in total. The Labute approximate surface area is 121 Å². The third-order valence-corrected chi connectivity index (χ3v) is 3.24. The van der Waals surface area contributed by atoms with Crippen molar-refractivity contribution in [2.75, 3.05) is 11.4 Å². The molecule has 0 aliphatic heterocycles. The zero-order chi connectivity index (χ0) is 13.8. The summed E-state index contributed by atoms with van der Waals surface area (Å²) in [5, 5.41) is 0.839. The average Bonchev–Trinajstić information content (AvgIpc) is 2.42. The first-order valence-electron chi connectivity index (χ1n) is 5.81. The van der Waals surface area contributed by atoms with Crippen LogP contribution in [0.2, 0.25) is 10.2 Å². The van der Waals surface area contributed by atoms with Crippen LogP contribution in [0.4, 0.5) is 5.69 Å². The topological polar surface area (TPSA) is 33.2 Å². The second kappa shape index (κ2) is 6.04. The summed E-state index contributed by atoms with van der Waals surface area (Å²) < 4.78 is 0. The molecule has 98 valence electrons. The monoisotopic (exact) mass is 294 g/mol. The molecule has 1 aromatic carbocycles. The fourth-order valence-electron chi connectivity index (χ4n) is 1.76. The van der Waals surface area contributed by atoms with Crippen LogP contribution in [-0.4, -0.2) is 17.4 Å². The molecule has 5 heteroatoms. The van der Waals surface area contributed by atoms with Gasteiger partial charge in [-0.2, -0.15) is 0 Å². The Morgan fingerprint density at radius 1 is 1.21 bits per heavy atom. The maximum atomic E-state index is 12.5. The highest BCUT2D eigenvalue weighted by Crippen LogP contribution is 2.22. The molecule has 0 spiro atoms. The fourth-order valence-corrected chi connectivity index (χ4v) is 2.08. The summed E-state index contributed by atoms with van der Waals surface area (Å²) in [6.45, 7) is 2.43. The lowest BCUT2D eigenvalue weighted by Gasteiger charge is -2.21. The highest BCUT2D eigenvalue weighted by atomic mass is 35.5. The van der Waals surface area contributed by atoms with E-state index in [-0.39, 0.29) is 11.1 Å². The van der Waals surface area contributed by atoms with E-state index in [9.17, 15) is 4.79 Å². The van der Waals surface area contributed by atoms with Crippen LogP contribution in [0.15, 0.2) is 42.6 Å². The molecule has 2 aromatic rings. The van der Waals surface area contributed by atoms with E-state index in [1.165, 1.54) is 0 Å². The van der Waals surface area contributed by atoms with Gasteiger partial charge in [-0.25, -0.2) is 4.98 Å². The van der Waals surface area contributed by atoms with Crippen LogP contribution in [0.3, 0.4) is 0 Å². The van der Waals surface area contributed by atoms with Gasteiger partial charge in [-0.05, 0) is 43.3 Å². The van der Waals surface area contributed by atoms with Gasteiger partial charge >= 0.3 is 0 Å². The minimum atomic E-state index is -0.178. The number of benzene rings is 1. The molecule has 0 fully saturated rings. The van der Waals surface area contributed by atoms with Crippen LogP contribution in [0.1, 0.15) is 17.3 Å². The first-order valence-corrected chi connectivity index (χ1v) is 6.57. The highest BCUT2D eigenvalue weighted by molar-refractivity contribution is 6.33. The van der Waals surface area contributed by atoms with Crippen LogP contribution in [0.5, 0.6) is 0 Å². The van der Waals surface area contributed by atoms with Crippen LogP contribution >= 0.6 is 23.2 Å². The van der Waals surface area contributed by atoms with E-state index in [0.29, 0.717) is 17.1 Å². The molecule has 1 aromatic heterocycles. The van der Waals surface area contributed by atoms with Crippen LogP contribution in [-0.2, 0) is 0 Å². The zero-order valence-corrected chi connectivity index (χ0v) is 11.8. The Bertz CT molecular complexity index is 584. The van der Waals surface area contributed by atoms with Gasteiger partial charge in [0.2, 0.25) is 0 Å². The first kappa shape index (κ1) is 13.8. The summed E-state index contributed by atoms with van der Waals surface area (Å²) in [6.07, 6.45) is 1.55. The number of pyridine rings is 1. The van der Waals surface area contributed by atoms with Crippen molar-refractivity contribution < 1.29 is 4.79 Å². The van der Waals surface area contributed by atoms with E-state index < -0.39 is 0 Å². The van der Waals surface area contributed by atoms with Gasteiger partial charge in [0.25, 0.3) is 5.91 Å². The Morgan fingerprint density at radius 3 is 2.47 bits per heavy atom. The summed E-state index contributed by atoms with van der Waals surface area (Å²) in [7, 11) is 0. The Kier molecular flexibility index (Phi) is 4.40. The molecule has 19 heavy (non-hydrogen) atoms. The van der Waals surface area contributed by atoms with Gasteiger partial charge in [-0.3, -0.25) is 4.79 Å². The van der Waals surface area contributed by atoms with Crippen LogP contribution in [0, 0.1) is 0 Å².